The van der Waals surface area contributed by atoms with Gasteiger partial charge in [0, 0.05) is 11.8 Å². The van der Waals surface area contributed by atoms with E-state index in [1.165, 1.54) is 0 Å². The van der Waals surface area contributed by atoms with Crippen LogP contribution in [0.5, 0.6) is 11.5 Å². The number of amides is 1. The van der Waals surface area contributed by atoms with E-state index in [0.29, 0.717) is 30.3 Å². The van der Waals surface area contributed by atoms with Crippen LogP contribution in [0.4, 0.5) is 5.69 Å². The molecule has 0 spiro atoms. The van der Waals surface area contributed by atoms with Crippen LogP contribution in [-0.4, -0.2) is 5.91 Å². The van der Waals surface area contributed by atoms with E-state index in [4.69, 9.17) is 9.47 Å². The lowest BCUT2D eigenvalue weighted by molar-refractivity contribution is 0.102. The molecule has 0 aliphatic heterocycles. The van der Waals surface area contributed by atoms with Crippen molar-refractivity contribution in [3.63, 3.8) is 0 Å². The Morgan fingerprint density at radius 3 is 2.00 bits per heavy atom. The van der Waals surface area contributed by atoms with Crippen molar-refractivity contribution in [2.45, 2.75) is 26.6 Å². The summed E-state index contributed by atoms with van der Waals surface area (Å²) in [5.74, 6) is 0.904. The van der Waals surface area contributed by atoms with Crippen LogP contribution in [0, 0.1) is 0 Å². The SMILES string of the molecule is CCc1cccc(NC(=O)c2ccc(OCc3ccccc3)cc2OCc2ccccc2)c1. The summed E-state index contributed by atoms with van der Waals surface area (Å²) in [5.41, 5.74) is 4.48. The Morgan fingerprint density at radius 2 is 1.33 bits per heavy atom. The number of benzene rings is 4. The molecule has 33 heavy (non-hydrogen) atoms. The molecule has 0 aliphatic rings. The first-order valence-electron chi connectivity index (χ1n) is 11.1. The summed E-state index contributed by atoms with van der Waals surface area (Å²) < 4.78 is 12.0. The molecule has 4 heteroatoms. The maximum absolute atomic E-state index is 13.1. The van der Waals surface area contributed by atoms with Gasteiger partial charge < -0.3 is 14.8 Å². The first-order valence-corrected chi connectivity index (χ1v) is 11.1. The Hall–Kier alpha value is -4.05. The van der Waals surface area contributed by atoms with E-state index in [1.807, 2.05) is 84.9 Å². The van der Waals surface area contributed by atoms with Crippen LogP contribution in [-0.2, 0) is 19.6 Å². The predicted molar refractivity (Wildman–Crippen MR) is 132 cm³/mol. The molecule has 4 rings (SSSR count). The molecule has 0 aliphatic carbocycles. The summed E-state index contributed by atoms with van der Waals surface area (Å²) in [6, 6.07) is 33.0. The number of carbonyl (C=O) groups is 1. The quantitative estimate of drug-likeness (QED) is 0.318. The minimum Gasteiger partial charge on any atom is -0.489 e. The van der Waals surface area contributed by atoms with Gasteiger partial charge in [0.05, 0.1) is 5.56 Å². The number of ether oxygens (including phenoxy) is 2. The number of rotatable bonds is 9. The Bertz CT molecular complexity index is 1190. The van der Waals surface area contributed by atoms with E-state index >= 15 is 0 Å². The average Bonchev–Trinajstić information content (AvgIpc) is 2.87. The van der Waals surface area contributed by atoms with E-state index in [1.54, 1.807) is 18.2 Å². The summed E-state index contributed by atoms with van der Waals surface area (Å²) in [6.45, 7) is 2.88. The van der Waals surface area contributed by atoms with Gasteiger partial charge in [-0.15, -0.1) is 0 Å². The third-order valence-corrected chi connectivity index (χ3v) is 5.28. The maximum atomic E-state index is 13.1. The van der Waals surface area contributed by atoms with Crippen LogP contribution < -0.4 is 14.8 Å². The van der Waals surface area contributed by atoms with Crippen molar-refractivity contribution in [2.24, 2.45) is 0 Å². The van der Waals surface area contributed by atoms with Crippen LogP contribution in [0.15, 0.2) is 103 Å². The largest absolute Gasteiger partial charge is 0.489 e. The molecule has 0 aromatic heterocycles. The van der Waals surface area contributed by atoms with Crippen molar-refractivity contribution in [3.8, 4) is 11.5 Å². The topological polar surface area (TPSA) is 47.6 Å². The zero-order valence-electron chi connectivity index (χ0n) is 18.7. The Morgan fingerprint density at radius 1 is 0.697 bits per heavy atom. The van der Waals surface area contributed by atoms with Crippen molar-refractivity contribution in [2.75, 3.05) is 5.32 Å². The second kappa shape index (κ2) is 11.0. The zero-order chi connectivity index (χ0) is 22.9. The number of carbonyl (C=O) groups excluding carboxylic acids is 1. The summed E-state index contributed by atoms with van der Waals surface area (Å²) in [4.78, 5) is 13.1. The van der Waals surface area contributed by atoms with Gasteiger partial charge in [-0.2, -0.15) is 0 Å². The molecule has 0 radical (unpaired) electrons. The summed E-state index contributed by atoms with van der Waals surface area (Å²) in [6.07, 6.45) is 0.905. The molecule has 4 aromatic rings. The van der Waals surface area contributed by atoms with E-state index in [0.717, 1.165) is 28.8 Å². The predicted octanol–water partition coefficient (Wildman–Crippen LogP) is 6.66. The van der Waals surface area contributed by atoms with E-state index in [-0.39, 0.29) is 5.91 Å². The average molecular weight is 438 g/mol. The number of hydrogen-bond donors (Lipinski definition) is 1. The lowest BCUT2D eigenvalue weighted by atomic mass is 10.1. The fourth-order valence-corrected chi connectivity index (χ4v) is 3.44. The number of hydrogen-bond acceptors (Lipinski definition) is 3. The number of aryl methyl sites for hydroxylation is 1. The molecule has 0 bridgehead atoms. The molecular formula is C29H27NO3. The highest BCUT2D eigenvalue weighted by molar-refractivity contribution is 6.06. The van der Waals surface area contributed by atoms with Gasteiger partial charge in [0.1, 0.15) is 24.7 Å². The fourth-order valence-electron chi connectivity index (χ4n) is 3.44. The highest BCUT2D eigenvalue weighted by Gasteiger charge is 2.15. The van der Waals surface area contributed by atoms with Crippen LogP contribution in [0.3, 0.4) is 0 Å². The Labute approximate surface area is 194 Å². The van der Waals surface area contributed by atoms with Gasteiger partial charge >= 0.3 is 0 Å². The van der Waals surface area contributed by atoms with Crippen molar-refractivity contribution in [1.82, 2.24) is 0 Å². The van der Waals surface area contributed by atoms with Gasteiger partial charge in [0.15, 0.2) is 0 Å². The lowest BCUT2D eigenvalue weighted by Gasteiger charge is -2.15. The highest BCUT2D eigenvalue weighted by Crippen LogP contribution is 2.28. The second-order valence-corrected chi connectivity index (χ2v) is 7.71. The number of anilines is 1. The lowest BCUT2D eigenvalue weighted by Crippen LogP contribution is -2.14. The smallest absolute Gasteiger partial charge is 0.259 e. The van der Waals surface area contributed by atoms with Crippen molar-refractivity contribution < 1.29 is 14.3 Å². The molecule has 4 nitrogen and oxygen atoms in total. The minimum atomic E-state index is -0.221. The first-order chi connectivity index (χ1) is 16.2. The van der Waals surface area contributed by atoms with Gasteiger partial charge in [-0.1, -0.05) is 79.7 Å². The molecule has 166 valence electrons. The van der Waals surface area contributed by atoms with E-state index in [9.17, 15) is 4.79 Å². The molecule has 0 atom stereocenters. The molecule has 0 unspecified atom stereocenters. The standard InChI is InChI=1S/C29H27NO3/c1-2-22-14-9-15-25(18-22)30-29(31)27-17-16-26(32-20-23-10-5-3-6-11-23)19-28(27)33-21-24-12-7-4-8-13-24/h3-19H,2,20-21H2,1H3,(H,30,31). The van der Waals surface area contributed by atoms with Gasteiger partial charge in [0.2, 0.25) is 0 Å². The monoisotopic (exact) mass is 437 g/mol. The van der Waals surface area contributed by atoms with Crippen molar-refractivity contribution in [3.05, 3.63) is 125 Å². The molecule has 0 fully saturated rings. The third-order valence-electron chi connectivity index (χ3n) is 5.28. The van der Waals surface area contributed by atoms with Crippen LogP contribution in [0.2, 0.25) is 0 Å². The molecule has 1 N–H and O–H groups in total. The zero-order valence-corrected chi connectivity index (χ0v) is 18.7. The van der Waals surface area contributed by atoms with Gasteiger partial charge in [-0.25, -0.2) is 0 Å². The fraction of sp³-hybridized carbons (Fsp3) is 0.138. The van der Waals surface area contributed by atoms with Crippen LogP contribution in [0.1, 0.15) is 34.0 Å². The minimum absolute atomic E-state index is 0.221. The first kappa shape index (κ1) is 22.2. The van der Waals surface area contributed by atoms with Gasteiger partial charge in [-0.3, -0.25) is 4.79 Å². The van der Waals surface area contributed by atoms with Crippen LogP contribution >= 0.6 is 0 Å². The summed E-state index contributed by atoms with van der Waals surface area (Å²) in [5, 5.41) is 2.99. The normalized spacial score (nSPS) is 10.5. The second-order valence-electron chi connectivity index (χ2n) is 7.71. The Kier molecular flexibility index (Phi) is 7.39. The van der Waals surface area contributed by atoms with Gasteiger partial charge in [0.25, 0.3) is 5.91 Å². The van der Waals surface area contributed by atoms with Gasteiger partial charge in [-0.05, 0) is 47.4 Å². The summed E-state index contributed by atoms with van der Waals surface area (Å²) in [7, 11) is 0. The molecule has 0 heterocycles. The molecule has 0 saturated carbocycles. The Balaban J connectivity index is 1.54. The van der Waals surface area contributed by atoms with Crippen molar-refractivity contribution >= 4 is 11.6 Å². The molecule has 0 saturated heterocycles. The summed E-state index contributed by atoms with van der Waals surface area (Å²) >= 11 is 0. The highest BCUT2D eigenvalue weighted by atomic mass is 16.5. The van der Waals surface area contributed by atoms with E-state index < -0.39 is 0 Å². The maximum Gasteiger partial charge on any atom is 0.259 e. The van der Waals surface area contributed by atoms with E-state index in [2.05, 4.69) is 12.2 Å². The van der Waals surface area contributed by atoms with Crippen molar-refractivity contribution in [1.29, 1.82) is 0 Å². The third kappa shape index (κ3) is 6.23. The molecule has 1 amide bonds. The number of nitrogens with one attached hydrogen (secondary N) is 1. The molecular weight excluding hydrogens is 410 g/mol. The van der Waals surface area contributed by atoms with Crippen LogP contribution in [0.25, 0.3) is 0 Å². The molecule has 4 aromatic carbocycles.